The molecule has 12 nitrogen and oxygen atoms in total. The van der Waals surface area contributed by atoms with E-state index in [1.807, 2.05) is 0 Å². The largest absolute Gasteiger partial charge is 0.489 e. The van der Waals surface area contributed by atoms with Crippen LogP contribution in [-0.4, -0.2) is 61.5 Å². The Morgan fingerprint density at radius 2 is 1.86 bits per heavy atom. The van der Waals surface area contributed by atoms with Gasteiger partial charge in [0, 0.05) is 11.1 Å². The van der Waals surface area contributed by atoms with Crippen LogP contribution >= 0.6 is 0 Å². The van der Waals surface area contributed by atoms with Crippen LogP contribution in [0, 0.1) is 15.7 Å². The molecule has 0 saturated carbocycles. The van der Waals surface area contributed by atoms with E-state index in [0.29, 0.717) is 0 Å². The van der Waals surface area contributed by atoms with Crippen LogP contribution in [0.3, 0.4) is 0 Å². The van der Waals surface area contributed by atoms with Crippen LogP contribution < -0.4 is 0 Å². The molecule has 0 aromatic heterocycles. The van der Waals surface area contributed by atoms with Gasteiger partial charge in [0.15, 0.2) is 5.34 Å². The number of methoxy groups -OCH3 is 2. The van der Waals surface area contributed by atoms with Crippen molar-refractivity contribution in [3.05, 3.63) is 32.5 Å². The lowest BCUT2D eigenvalue weighted by atomic mass is 9.87. The zero-order valence-electron chi connectivity index (χ0n) is 15.6. The topological polar surface area (TPSA) is 150 Å². The summed E-state index contributed by atoms with van der Waals surface area (Å²) in [6.07, 6.45) is -1.04. The Labute approximate surface area is 159 Å². The average molecular weight is 401 g/mol. The van der Waals surface area contributed by atoms with Gasteiger partial charge in [0.05, 0.1) is 32.8 Å². The van der Waals surface area contributed by atoms with Crippen LogP contribution in [0.1, 0.15) is 19.8 Å². The third-order valence-electron chi connectivity index (χ3n) is 4.75. The van der Waals surface area contributed by atoms with Crippen LogP contribution in [0.2, 0.25) is 0 Å². The predicted octanol–water partition coefficient (Wildman–Crippen LogP) is 0.921. The van der Waals surface area contributed by atoms with Crippen LogP contribution in [-0.2, 0) is 33.5 Å². The fourth-order valence-corrected chi connectivity index (χ4v) is 3.34. The Morgan fingerprint density at radius 3 is 2.43 bits per heavy atom. The number of nitrogens with zero attached hydrogens (tertiary/aromatic N) is 2. The monoisotopic (exact) mass is 401 g/mol. The van der Waals surface area contributed by atoms with Gasteiger partial charge in [0.25, 0.3) is 0 Å². The Balaban J connectivity index is 2.14. The lowest BCUT2D eigenvalue weighted by Crippen LogP contribution is -2.33. The van der Waals surface area contributed by atoms with Gasteiger partial charge >= 0.3 is 5.09 Å². The zero-order chi connectivity index (χ0) is 20.8. The van der Waals surface area contributed by atoms with Gasteiger partial charge in [-0.05, 0) is 19.8 Å². The molecule has 1 fully saturated rings. The number of hydrogen-bond acceptors (Lipinski definition) is 10. The van der Waals surface area contributed by atoms with Crippen molar-refractivity contribution in [3.8, 4) is 0 Å². The van der Waals surface area contributed by atoms with Crippen molar-refractivity contribution in [2.24, 2.45) is 11.3 Å². The van der Waals surface area contributed by atoms with Gasteiger partial charge in [-0.25, -0.2) is 5.21 Å². The van der Waals surface area contributed by atoms with Gasteiger partial charge in [0.1, 0.15) is 11.5 Å². The minimum Gasteiger partial charge on any atom is -0.489 e. The number of Topliss-reactive ketones (excluding diaryl/α,β-unsaturated/α-hetero) is 2. The third-order valence-corrected chi connectivity index (χ3v) is 4.75. The second kappa shape index (κ2) is 9.26. The highest BCUT2D eigenvalue weighted by molar-refractivity contribution is 6.23. The van der Waals surface area contributed by atoms with Crippen molar-refractivity contribution < 1.29 is 43.8 Å². The van der Waals surface area contributed by atoms with E-state index in [9.17, 15) is 19.4 Å². The van der Waals surface area contributed by atoms with Crippen LogP contribution in [0.15, 0.2) is 28.0 Å². The van der Waals surface area contributed by atoms with Gasteiger partial charge < -0.3 is 19.0 Å². The number of hydrogen-bond donors (Lipinski definition) is 1. The van der Waals surface area contributed by atoms with Crippen molar-refractivity contribution in [2.75, 3.05) is 27.4 Å². The van der Waals surface area contributed by atoms with E-state index in [1.54, 1.807) is 0 Å². The number of ketones is 2. The second-order valence-corrected chi connectivity index (χ2v) is 6.15. The molecule has 0 spiro atoms. The summed E-state index contributed by atoms with van der Waals surface area (Å²) in [4.78, 5) is 55.2. The summed E-state index contributed by atoms with van der Waals surface area (Å²) in [6, 6.07) is 0. The van der Waals surface area contributed by atoms with E-state index < -0.39 is 34.8 Å². The molecule has 2 rings (SSSR count). The normalized spacial score (nSPS) is 25.0. The first-order valence-electron chi connectivity index (χ1n) is 8.36. The maximum Gasteiger partial charge on any atom is 0.475 e. The van der Waals surface area contributed by atoms with Gasteiger partial charge in [0.2, 0.25) is 29.2 Å². The van der Waals surface area contributed by atoms with E-state index >= 15 is 0 Å². The molecule has 12 heteroatoms. The molecule has 0 radical (unpaired) electrons. The SMILES string of the molecule is COC1=C(OC)C(=O)C(CCC2OCC(O[N+](=O)O)[C@H]2CON=O)=C(C)C1=O. The third kappa shape index (κ3) is 4.27. The molecule has 1 aliphatic heterocycles. The summed E-state index contributed by atoms with van der Waals surface area (Å²) >= 11 is 0. The summed E-state index contributed by atoms with van der Waals surface area (Å²) in [5.41, 5.74) is 0.480. The highest BCUT2D eigenvalue weighted by Crippen LogP contribution is 2.33. The zero-order valence-corrected chi connectivity index (χ0v) is 15.6. The van der Waals surface area contributed by atoms with Gasteiger partial charge in [-0.15, -0.1) is 4.91 Å². The number of carbonyl (C=O) groups is 2. The quantitative estimate of drug-likeness (QED) is 0.318. The number of ether oxygens (including phenoxy) is 3. The highest BCUT2D eigenvalue weighted by atomic mass is 17.0. The summed E-state index contributed by atoms with van der Waals surface area (Å²) < 4.78 is 15.6. The Bertz CT molecular complexity index is 729. The number of rotatable bonds is 10. The van der Waals surface area contributed by atoms with Crippen molar-refractivity contribution in [1.82, 2.24) is 0 Å². The molecule has 154 valence electrons. The minimum atomic E-state index is -0.873. The van der Waals surface area contributed by atoms with Gasteiger partial charge in [-0.1, -0.05) is 0 Å². The fourth-order valence-electron chi connectivity index (χ4n) is 3.34. The molecular weight excluding hydrogens is 380 g/mol. The molecule has 2 aliphatic rings. The first-order chi connectivity index (χ1) is 13.3. The minimum absolute atomic E-state index is 0.0429. The summed E-state index contributed by atoms with van der Waals surface area (Å²) in [6.45, 7) is 1.26. The Kier molecular flexibility index (Phi) is 7.04. The molecule has 0 bridgehead atoms. The molecule has 0 aromatic carbocycles. The number of carbonyl (C=O) groups excluding carboxylic acids is 2. The first-order valence-corrected chi connectivity index (χ1v) is 8.36. The van der Waals surface area contributed by atoms with E-state index in [1.165, 1.54) is 21.1 Å². The molecule has 0 amide bonds. The van der Waals surface area contributed by atoms with Crippen LogP contribution in [0.25, 0.3) is 0 Å². The van der Waals surface area contributed by atoms with Crippen molar-refractivity contribution in [1.29, 1.82) is 0 Å². The highest BCUT2D eigenvalue weighted by Gasteiger charge is 2.44. The van der Waals surface area contributed by atoms with E-state index in [2.05, 4.69) is 15.0 Å². The molecule has 28 heavy (non-hydrogen) atoms. The number of allylic oxidation sites excluding steroid dienone is 2. The van der Waals surface area contributed by atoms with Crippen molar-refractivity contribution >= 4 is 11.6 Å². The summed E-state index contributed by atoms with van der Waals surface area (Å²) in [7, 11) is 2.54. The van der Waals surface area contributed by atoms with Crippen LogP contribution in [0.4, 0.5) is 0 Å². The Hall–Kier alpha value is -3.02. The Morgan fingerprint density at radius 1 is 1.21 bits per heavy atom. The molecular formula is C16H21N2O10+. The van der Waals surface area contributed by atoms with Gasteiger partial charge in [-0.3, -0.25) is 9.59 Å². The summed E-state index contributed by atoms with van der Waals surface area (Å²) in [5, 5.41) is 10.3. The lowest BCUT2D eigenvalue weighted by Gasteiger charge is -2.22. The molecule has 3 atom stereocenters. The molecule has 2 unspecified atom stereocenters. The average Bonchev–Trinajstić information content (AvgIpc) is 3.03. The summed E-state index contributed by atoms with van der Waals surface area (Å²) in [5.74, 6) is -1.85. The predicted molar refractivity (Wildman–Crippen MR) is 88.3 cm³/mol. The molecule has 1 saturated heterocycles. The standard InChI is InChI=1S/C16H21N2O10/c1-8-9(14(20)16(25-3)15(24-2)13(8)19)4-5-11-10(6-27-17-21)12(7-26-11)28-18(22)23/h10-12H,4-7H2,1-3H3,(H,22,23)/q+1/t10-,11?,12?/m0/s1. The molecule has 1 aliphatic carbocycles. The van der Waals surface area contributed by atoms with Crippen LogP contribution in [0.5, 0.6) is 0 Å². The first kappa shape index (κ1) is 21.3. The maximum absolute atomic E-state index is 12.6. The maximum atomic E-state index is 12.6. The smallest absolute Gasteiger partial charge is 0.475 e. The fraction of sp³-hybridized carbons (Fsp3) is 0.625. The van der Waals surface area contributed by atoms with Crippen molar-refractivity contribution in [3.63, 3.8) is 0 Å². The molecule has 1 N–H and O–H groups in total. The van der Waals surface area contributed by atoms with E-state index in [-0.39, 0.29) is 48.7 Å². The van der Waals surface area contributed by atoms with Crippen molar-refractivity contribution in [2.45, 2.75) is 32.0 Å². The molecule has 0 aromatic rings. The van der Waals surface area contributed by atoms with E-state index in [0.717, 1.165) is 0 Å². The van der Waals surface area contributed by atoms with Gasteiger partial charge in [-0.2, -0.15) is 4.84 Å². The lowest BCUT2D eigenvalue weighted by molar-refractivity contribution is -0.982. The van der Waals surface area contributed by atoms with E-state index in [4.69, 9.17) is 19.4 Å². The molecule has 1 heterocycles. The second-order valence-electron chi connectivity index (χ2n) is 6.15.